The molecular weight excluding hydrogens is 325 g/mol. The van der Waals surface area contributed by atoms with Gasteiger partial charge < -0.3 is 4.74 Å². The second-order valence-electron chi connectivity index (χ2n) is 6.75. The van der Waals surface area contributed by atoms with Crippen molar-refractivity contribution in [1.29, 1.82) is 0 Å². The molecule has 1 nitrogen and oxygen atoms in total. The summed E-state index contributed by atoms with van der Waals surface area (Å²) in [6.45, 7) is 3.89. The van der Waals surface area contributed by atoms with Crippen molar-refractivity contribution in [3.05, 3.63) is 35.1 Å². The molecule has 0 N–H and O–H groups in total. The van der Waals surface area contributed by atoms with Gasteiger partial charge in [0.1, 0.15) is 17.5 Å². The fraction of sp³-hybridized carbons (Fsp3) is 0.714. The van der Waals surface area contributed by atoms with E-state index in [9.17, 15) is 13.2 Å². The molecule has 0 aliphatic carbocycles. The molecule has 0 saturated heterocycles. The normalized spacial score (nSPS) is 11.2. The molecule has 0 amide bonds. The number of halogens is 3. The highest BCUT2D eigenvalue weighted by molar-refractivity contribution is 5.20. The Hall–Kier alpha value is -1.03. The molecule has 25 heavy (non-hydrogen) atoms. The highest BCUT2D eigenvalue weighted by Crippen LogP contribution is 2.18. The molecule has 0 aliphatic rings. The summed E-state index contributed by atoms with van der Waals surface area (Å²) in [5, 5.41) is 0. The smallest absolute Gasteiger partial charge is 0.132 e. The van der Waals surface area contributed by atoms with E-state index >= 15 is 0 Å². The van der Waals surface area contributed by atoms with Gasteiger partial charge in [-0.05, 0) is 25.7 Å². The zero-order chi connectivity index (χ0) is 18.3. The molecule has 1 aromatic carbocycles. The van der Waals surface area contributed by atoms with Gasteiger partial charge in [0, 0.05) is 30.9 Å². The Balaban J connectivity index is 1.91. The van der Waals surface area contributed by atoms with Crippen LogP contribution in [0.3, 0.4) is 0 Å². The molecule has 0 fully saturated rings. The van der Waals surface area contributed by atoms with E-state index in [2.05, 4.69) is 6.92 Å². The van der Waals surface area contributed by atoms with E-state index in [1.165, 1.54) is 38.5 Å². The van der Waals surface area contributed by atoms with E-state index in [0.29, 0.717) is 6.42 Å². The van der Waals surface area contributed by atoms with Crippen LogP contribution >= 0.6 is 0 Å². The average molecular weight is 358 g/mol. The minimum Gasteiger partial charge on any atom is -0.381 e. The number of rotatable bonds is 15. The lowest BCUT2D eigenvalue weighted by Gasteiger charge is -2.06. The molecule has 0 heterocycles. The van der Waals surface area contributed by atoms with Gasteiger partial charge in [-0.25, -0.2) is 13.2 Å². The van der Waals surface area contributed by atoms with Crippen molar-refractivity contribution < 1.29 is 17.9 Å². The van der Waals surface area contributed by atoms with E-state index in [1.54, 1.807) is 0 Å². The van der Waals surface area contributed by atoms with Crippen LogP contribution in [0.2, 0.25) is 0 Å². The highest BCUT2D eigenvalue weighted by atomic mass is 19.1. The lowest BCUT2D eigenvalue weighted by molar-refractivity contribution is 0.130. The van der Waals surface area contributed by atoms with Crippen molar-refractivity contribution in [2.45, 2.75) is 84.0 Å². The van der Waals surface area contributed by atoms with Crippen molar-refractivity contribution in [3.63, 3.8) is 0 Å². The maximum Gasteiger partial charge on any atom is 0.132 e. The van der Waals surface area contributed by atoms with Gasteiger partial charge in [-0.2, -0.15) is 0 Å². The Kier molecular flexibility index (Phi) is 12.5. The first-order valence-electron chi connectivity index (χ1n) is 9.86. The van der Waals surface area contributed by atoms with Gasteiger partial charge >= 0.3 is 0 Å². The molecule has 0 bridgehead atoms. The topological polar surface area (TPSA) is 9.23 Å². The second kappa shape index (κ2) is 14.2. The van der Waals surface area contributed by atoms with Gasteiger partial charge in [0.25, 0.3) is 0 Å². The Morgan fingerprint density at radius 2 is 1.16 bits per heavy atom. The maximum atomic E-state index is 13.5. The van der Waals surface area contributed by atoms with Crippen LogP contribution in [0.5, 0.6) is 0 Å². The molecule has 1 rings (SSSR count). The summed E-state index contributed by atoms with van der Waals surface area (Å²) in [6.07, 6.45) is 12.9. The second-order valence-corrected chi connectivity index (χ2v) is 6.75. The summed E-state index contributed by atoms with van der Waals surface area (Å²) in [5.41, 5.74) is 0.0179. The van der Waals surface area contributed by atoms with Crippen LogP contribution < -0.4 is 0 Å². The molecule has 0 atom stereocenters. The Morgan fingerprint density at radius 1 is 0.680 bits per heavy atom. The molecule has 144 valence electrons. The van der Waals surface area contributed by atoms with Crippen molar-refractivity contribution in [1.82, 2.24) is 0 Å². The van der Waals surface area contributed by atoms with Crippen LogP contribution in [0.4, 0.5) is 13.2 Å². The predicted molar refractivity (Wildman–Crippen MR) is 97.3 cm³/mol. The Morgan fingerprint density at radius 3 is 1.68 bits per heavy atom. The van der Waals surface area contributed by atoms with Crippen molar-refractivity contribution in [2.24, 2.45) is 0 Å². The molecule has 4 heteroatoms. The molecule has 0 aliphatic heterocycles. The molecule has 0 saturated carbocycles. The van der Waals surface area contributed by atoms with Gasteiger partial charge in [0.2, 0.25) is 0 Å². The van der Waals surface area contributed by atoms with E-state index in [-0.39, 0.29) is 5.56 Å². The minimum atomic E-state index is -0.854. The quantitative estimate of drug-likeness (QED) is 0.307. The lowest BCUT2D eigenvalue weighted by atomic mass is 10.0. The van der Waals surface area contributed by atoms with Gasteiger partial charge in [0.05, 0.1) is 0 Å². The lowest BCUT2D eigenvalue weighted by Crippen LogP contribution is -1.97. The molecule has 1 aromatic rings. The number of benzene rings is 1. The van der Waals surface area contributed by atoms with Crippen molar-refractivity contribution >= 4 is 0 Å². The van der Waals surface area contributed by atoms with Gasteiger partial charge in [-0.1, -0.05) is 58.3 Å². The third kappa shape index (κ3) is 10.5. The van der Waals surface area contributed by atoms with Gasteiger partial charge in [-0.3, -0.25) is 0 Å². The van der Waals surface area contributed by atoms with Crippen LogP contribution in [0.25, 0.3) is 0 Å². The zero-order valence-corrected chi connectivity index (χ0v) is 15.6. The number of hydrogen-bond donors (Lipinski definition) is 0. The third-order valence-corrected chi connectivity index (χ3v) is 4.42. The van der Waals surface area contributed by atoms with Crippen LogP contribution in [-0.2, 0) is 11.2 Å². The average Bonchev–Trinajstić information content (AvgIpc) is 2.57. The predicted octanol–water partition coefficient (Wildman–Crippen LogP) is 6.97. The summed E-state index contributed by atoms with van der Waals surface area (Å²) >= 11 is 0. The van der Waals surface area contributed by atoms with Crippen LogP contribution in [0.1, 0.15) is 83.1 Å². The molecule has 0 spiro atoms. The minimum absolute atomic E-state index is 0.0179. The monoisotopic (exact) mass is 358 g/mol. The summed E-state index contributed by atoms with van der Waals surface area (Å²) in [6, 6.07) is 1.52. The van der Waals surface area contributed by atoms with Crippen molar-refractivity contribution in [2.75, 3.05) is 13.2 Å². The van der Waals surface area contributed by atoms with E-state index in [1.807, 2.05) is 0 Å². The van der Waals surface area contributed by atoms with Crippen LogP contribution in [-0.4, -0.2) is 13.2 Å². The van der Waals surface area contributed by atoms with E-state index in [0.717, 1.165) is 57.5 Å². The van der Waals surface area contributed by atoms with Crippen molar-refractivity contribution in [3.8, 4) is 0 Å². The summed E-state index contributed by atoms with van der Waals surface area (Å²) < 4.78 is 45.3. The third-order valence-electron chi connectivity index (χ3n) is 4.42. The van der Waals surface area contributed by atoms with E-state index < -0.39 is 17.5 Å². The van der Waals surface area contributed by atoms with E-state index in [4.69, 9.17) is 4.74 Å². The largest absolute Gasteiger partial charge is 0.381 e. The summed E-state index contributed by atoms with van der Waals surface area (Å²) in [4.78, 5) is 0. The Bertz CT molecular complexity index is 439. The maximum absolute atomic E-state index is 13.5. The number of unbranched alkanes of at least 4 members (excludes halogenated alkanes) is 9. The molecule has 0 aromatic heterocycles. The van der Waals surface area contributed by atoms with Gasteiger partial charge in [0.15, 0.2) is 0 Å². The Labute approximate surface area is 151 Å². The molecule has 0 radical (unpaired) electrons. The van der Waals surface area contributed by atoms with Crippen LogP contribution in [0.15, 0.2) is 12.1 Å². The first-order valence-corrected chi connectivity index (χ1v) is 9.86. The SMILES string of the molecule is CCCOCCCCCCCCCCCCc1c(F)cc(F)cc1F. The fourth-order valence-electron chi connectivity index (χ4n) is 2.98. The first-order chi connectivity index (χ1) is 12.1. The van der Waals surface area contributed by atoms with Crippen LogP contribution in [0, 0.1) is 17.5 Å². The molecular formula is C21H33F3O. The number of hydrogen-bond acceptors (Lipinski definition) is 1. The molecule has 0 unspecified atom stereocenters. The standard InChI is InChI=1S/C21H33F3O/c1-2-14-25-15-12-10-8-6-4-3-5-7-9-11-13-19-20(23)16-18(22)17-21(19)24/h16-17H,2-15H2,1H3. The number of ether oxygens (including phenoxy) is 1. The van der Waals surface area contributed by atoms with Gasteiger partial charge in [-0.15, -0.1) is 0 Å². The zero-order valence-electron chi connectivity index (χ0n) is 15.6. The fourth-order valence-corrected chi connectivity index (χ4v) is 2.98. The highest BCUT2D eigenvalue weighted by Gasteiger charge is 2.10. The first kappa shape index (κ1) is 22.0. The summed E-state index contributed by atoms with van der Waals surface area (Å²) in [5.74, 6) is -2.39. The summed E-state index contributed by atoms with van der Waals surface area (Å²) in [7, 11) is 0.